The number of aromatic amines is 1. The van der Waals surface area contributed by atoms with Crippen LogP contribution in [-0.4, -0.2) is 40.0 Å². The zero-order valence-corrected chi connectivity index (χ0v) is 16.6. The molecule has 29 heavy (non-hydrogen) atoms. The topological polar surface area (TPSA) is 73.4 Å². The van der Waals surface area contributed by atoms with E-state index in [9.17, 15) is 14.7 Å². The fourth-order valence-corrected chi connectivity index (χ4v) is 4.51. The van der Waals surface area contributed by atoms with Crippen molar-refractivity contribution in [3.63, 3.8) is 0 Å². The van der Waals surface area contributed by atoms with Gasteiger partial charge in [-0.1, -0.05) is 55.5 Å². The molecule has 0 unspecified atom stereocenters. The van der Waals surface area contributed by atoms with Crippen LogP contribution in [0, 0.1) is 0 Å². The fraction of sp³-hybridized carbons (Fsp3) is 0.333. The number of fused-ring (bicyclic) bond motifs is 1. The molecule has 0 bridgehead atoms. The minimum atomic E-state index is -0.908. The standard InChI is InChI=1S/C24H26N2O3/c1-2-17-7-6-10-20-18(16-25-22(17)20)15-21(27)26-13-11-24(12-14-26,23(28)29)19-8-4-3-5-9-19/h3-10,16,25H,2,11-15H2,1H3,(H,28,29). The number of carbonyl (C=O) groups is 2. The Labute approximate surface area is 170 Å². The Kier molecular flexibility index (Phi) is 5.14. The van der Waals surface area contributed by atoms with E-state index < -0.39 is 11.4 Å². The van der Waals surface area contributed by atoms with Gasteiger partial charge >= 0.3 is 5.97 Å². The Bertz CT molecular complexity index is 1030. The van der Waals surface area contributed by atoms with Crippen molar-refractivity contribution in [2.75, 3.05) is 13.1 Å². The zero-order valence-electron chi connectivity index (χ0n) is 16.6. The van der Waals surface area contributed by atoms with E-state index in [1.165, 1.54) is 5.56 Å². The minimum absolute atomic E-state index is 0.0554. The van der Waals surface area contributed by atoms with Crippen LogP contribution in [0.4, 0.5) is 0 Å². The van der Waals surface area contributed by atoms with E-state index in [-0.39, 0.29) is 5.91 Å². The molecule has 2 N–H and O–H groups in total. The maximum Gasteiger partial charge on any atom is 0.314 e. The average Bonchev–Trinajstić information content (AvgIpc) is 3.17. The highest BCUT2D eigenvalue weighted by Gasteiger charge is 2.43. The van der Waals surface area contributed by atoms with Gasteiger partial charge in [0.15, 0.2) is 0 Å². The smallest absolute Gasteiger partial charge is 0.314 e. The van der Waals surface area contributed by atoms with E-state index in [0.717, 1.165) is 28.5 Å². The van der Waals surface area contributed by atoms with Crippen LogP contribution in [0.5, 0.6) is 0 Å². The normalized spacial score (nSPS) is 16.1. The summed E-state index contributed by atoms with van der Waals surface area (Å²) in [6, 6.07) is 15.6. The first-order chi connectivity index (χ1) is 14.0. The molecule has 1 fully saturated rings. The van der Waals surface area contributed by atoms with E-state index >= 15 is 0 Å². The van der Waals surface area contributed by atoms with Crippen LogP contribution in [0.1, 0.15) is 36.5 Å². The third kappa shape index (κ3) is 3.41. The molecule has 1 aliphatic rings. The highest BCUT2D eigenvalue weighted by atomic mass is 16.4. The zero-order chi connectivity index (χ0) is 20.4. The lowest BCUT2D eigenvalue weighted by Gasteiger charge is -2.39. The highest BCUT2D eigenvalue weighted by Crippen LogP contribution is 2.36. The summed E-state index contributed by atoms with van der Waals surface area (Å²) in [7, 11) is 0. The third-order valence-electron chi connectivity index (χ3n) is 6.32. The number of carboxylic acid groups (broad SMARTS) is 1. The minimum Gasteiger partial charge on any atom is -0.481 e. The number of benzene rings is 2. The lowest BCUT2D eigenvalue weighted by Crippen LogP contribution is -2.49. The SMILES string of the molecule is CCc1cccc2c(CC(=O)N3CCC(C(=O)O)(c4ccccc4)CC3)c[nH]c12. The van der Waals surface area contributed by atoms with Crippen molar-refractivity contribution in [3.8, 4) is 0 Å². The van der Waals surface area contributed by atoms with E-state index in [2.05, 4.69) is 24.0 Å². The van der Waals surface area contributed by atoms with Crippen LogP contribution in [0.2, 0.25) is 0 Å². The molecule has 0 atom stereocenters. The molecule has 1 aromatic heterocycles. The third-order valence-corrected chi connectivity index (χ3v) is 6.32. The lowest BCUT2D eigenvalue weighted by atomic mass is 9.73. The first-order valence-corrected chi connectivity index (χ1v) is 10.2. The van der Waals surface area contributed by atoms with Gasteiger partial charge in [-0.3, -0.25) is 9.59 Å². The molecule has 5 nitrogen and oxygen atoms in total. The summed E-state index contributed by atoms with van der Waals surface area (Å²) in [5.41, 5.74) is 3.26. The Balaban J connectivity index is 1.49. The molecule has 3 aromatic rings. The molecule has 0 saturated carbocycles. The number of H-pyrrole nitrogens is 1. The fourth-order valence-electron chi connectivity index (χ4n) is 4.51. The Morgan fingerprint density at radius 2 is 1.76 bits per heavy atom. The highest BCUT2D eigenvalue weighted by molar-refractivity contribution is 5.91. The van der Waals surface area contributed by atoms with Crippen LogP contribution in [0.15, 0.2) is 54.7 Å². The van der Waals surface area contributed by atoms with Crippen LogP contribution in [-0.2, 0) is 27.8 Å². The van der Waals surface area contributed by atoms with Crippen molar-refractivity contribution in [3.05, 3.63) is 71.4 Å². The summed E-state index contributed by atoms with van der Waals surface area (Å²) in [5.74, 6) is -0.751. The number of amides is 1. The largest absolute Gasteiger partial charge is 0.481 e. The van der Waals surface area contributed by atoms with Crippen molar-refractivity contribution in [2.24, 2.45) is 0 Å². The molecule has 1 saturated heterocycles. The van der Waals surface area contributed by atoms with Crippen molar-refractivity contribution < 1.29 is 14.7 Å². The number of likely N-dealkylation sites (tertiary alicyclic amines) is 1. The lowest BCUT2D eigenvalue weighted by molar-refractivity contribution is -0.148. The van der Waals surface area contributed by atoms with Crippen LogP contribution < -0.4 is 0 Å². The number of aryl methyl sites for hydroxylation is 1. The van der Waals surface area contributed by atoms with Gasteiger partial charge in [-0.15, -0.1) is 0 Å². The number of hydrogen-bond donors (Lipinski definition) is 2. The van der Waals surface area contributed by atoms with Crippen molar-refractivity contribution in [2.45, 2.75) is 38.0 Å². The van der Waals surface area contributed by atoms with Gasteiger partial charge < -0.3 is 15.0 Å². The van der Waals surface area contributed by atoms with Gasteiger partial charge in [0.25, 0.3) is 0 Å². The van der Waals surface area contributed by atoms with E-state index in [0.29, 0.717) is 32.4 Å². The summed E-state index contributed by atoms with van der Waals surface area (Å²) in [5, 5.41) is 11.0. The number of hydrogen-bond acceptors (Lipinski definition) is 2. The van der Waals surface area contributed by atoms with Crippen molar-refractivity contribution in [1.29, 1.82) is 0 Å². The number of carbonyl (C=O) groups excluding carboxylic acids is 1. The maximum absolute atomic E-state index is 12.9. The van der Waals surface area contributed by atoms with Gasteiger partial charge in [-0.05, 0) is 36.0 Å². The van der Waals surface area contributed by atoms with Gasteiger partial charge in [0.05, 0.1) is 11.8 Å². The average molecular weight is 390 g/mol. The number of para-hydroxylation sites is 1. The second-order valence-corrected chi connectivity index (χ2v) is 7.82. The van der Waals surface area contributed by atoms with E-state index in [1.807, 2.05) is 47.5 Å². The van der Waals surface area contributed by atoms with E-state index in [1.54, 1.807) is 0 Å². The molecule has 2 aromatic carbocycles. The molecular formula is C24H26N2O3. The van der Waals surface area contributed by atoms with Gasteiger partial charge in [-0.25, -0.2) is 0 Å². The second kappa shape index (κ2) is 7.74. The number of nitrogens with one attached hydrogen (secondary N) is 1. The van der Waals surface area contributed by atoms with E-state index in [4.69, 9.17) is 0 Å². The number of aromatic nitrogens is 1. The van der Waals surface area contributed by atoms with Crippen LogP contribution >= 0.6 is 0 Å². The summed E-state index contributed by atoms with van der Waals surface area (Å²) < 4.78 is 0. The number of piperidine rings is 1. The summed E-state index contributed by atoms with van der Waals surface area (Å²) in [4.78, 5) is 30.2. The Hall–Kier alpha value is -3.08. The van der Waals surface area contributed by atoms with Crippen LogP contribution in [0.3, 0.4) is 0 Å². The monoisotopic (exact) mass is 390 g/mol. The number of rotatable bonds is 5. The van der Waals surface area contributed by atoms with Crippen molar-refractivity contribution >= 4 is 22.8 Å². The summed E-state index contributed by atoms with van der Waals surface area (Å²) in [6.45, 7) is 3.04. The van der Waals surface area contributed by atoms with Gasteiger partial charge in [-0.2, -0.15) is 0 Å². The molecule has 4 rings (SSSR count). The molecule has 1 amide bonds. The molecular weight excluding hydrogens is 364 g/mol. The molecule has 150 valence electrons. The van der Waals surface area contributed by atoms with Gasteiger partial charge in [0.2, 0.25) is 5.91 Å². The second-order valence-electron chi connectivity index (χ2n) is 7.82. The first-order valence-electron chi connectivity index (χ1n) is 10.2. The molecule has 0 radical (unpaired) electrons. The first kappa shape index (κ1) is 19.2. The number of carboxylic acids is 1. The van der Waals surface area contributed by atoms with Gasteiger partial charge in [0, 0.05) is 30.2 Å². The quantitative estimate of drug-likeness (QED) is 0.694. The Morgan fingerprint density at radius 3 is 2.41 bits per heavy atom. The van der Waals surface area contributed by atoms with Crippen LogP contribution in [0.25, 0.3) is 10.9 Å². The van der Waals surface area contributed by atoms with Crippen molar-refractivity contribution in [1.82, 2.24) is 9.88 Å². The molecule has 2 heterocycles. The summed E-state index contributed by atoms with van der Waals surface area (Å²) in [6.07, 6.45) is 4.07. The van der Waals surface area contributed by atoms with Gasteiger partial charge in [0.1, 0.15) is 0 Å². The molecule has 5 heteroatoms. The number of aliphatic carboxylic acids is 1. The molecule has 1 aliphatic heterocycles. The summed E-state index contributed by atoms with van der Waals surface area (Å²) >= 11 is 0. The Morgan fingerprint density at radius 1 is 1.03 bits per heavy atom. The molecule has 0 aliphatic carbocycles. The predicted octanol–water partition coefficient (Wildman–Crippen LogP) is 3.92. The maximum atomic E-state index is 12.9. The molecule has 0 spiro atoms. The number of nitrogens with zero attached hydrogens (tertiary/aromatic N) is 1. The predicted molar refractivity (Wildman–Crippen MR) is 113 cm³/mol.